The van der Waals surface area contributed by atoms with Crippen LogP contribution >= 0.6 is 0 Å². The Balaban J connectivity index is 2.18. The van der Waals surface area contributed by atoms with Crippen molar-refractivity contribution < 1.29 is 13.6 Å². The number of nitrogens with zero attached hydrogens (tertiary/aromatic N) is 3. The molecule has 1 aromatic rings. The van der Waals surface area contributed by atoms with E-state index in [1.807, 2.05) is 0 Å². The average molecular weight is 251 g/mol. The Morgan fingerprint density at radius 2 is 2.33 bits per heavy atom. The van der Waals surface area contributed by atoms with Crippen LogP contribution in [0.3, 0.4) is 0 Å². The number of rotatable bonds is 1. The lowest BCUT2D eigenvalue weighted by Gasteiger charge is -2.29. The third-order valence-electron chi connectivity index (χ3n) is 2.90. The minimum atomic E-state index is -0.973. The lowest BCUT2D eigenvalue weighted by Crippen LogP contribution is -2.40. The maximum absolute atomic E-state index is 13.4. The standard InChI is InChI=1S/C12H11F2N3O/c13-9-4-10(14)11(16-6-9)12(18)17-3-1-2-8(5-15)7-17/h4,6,8H,1-3,7H2. The van der Waals surface area contributed by atoms with E-state index in [9.17, 15) is 13.6 Å². The number of likely N-dealkylation sites (tertiary alicyclic amines) is 1. The number of hydrogen-bond acceptors (Lipinski definition) is 3. The maximum Gasteiger partial charge on any atom is 0.275 e. The molecule has 1 saturated heterocycles. The van der Waals surface area contributed by atoms with E-state index >= 15 is 0 Å². The fourth-order valence-corrected chi connectivity index (χ4v) is 1.99. The highest BCUT2D eigenvalue weighted by molar-refractivity contribution is 5.92. The van der Waals surface area contributed by atoms with Crippen molar-refractivity contribution in [2.75, 3.05) is 13.1 Å². The number of pyridine rings is 1. The first-order valence-corrected chi connectivity index (χ1v) is 5.61. The maximum atomic E-state index is 13.4. The molecule has 0 aliphatic carbocycles. The Morgan fingerprint density at radius 1 is 1.56 bits per heavy atom. The first-order chi connectivity index (χ1) is 8.61. The summed E-state index contributed by atoms with van der Waals surface area (Å²) in [5, 5.41) is 8.82. The van der Waals surface area contributed by atoms with Crippen molar-refractivity contribution in [3.63, 3.8) is 0 Å². The predicted molar refractivity (Wildman–Crippen MR) is 58.4 cm³/mol. The largest absolute Gasteiger partial charge is 0.336 e. The Labute approximate surface area is 103 Å². The van der Waals surface area contributed by atoms with E-state index in [0.717, 1.165) is 12.6 Å². The normalized spacial score (nSPS) is 19.4. The summed E-state index contributed by atoms with van der Waals surface area (Å²) in [4.78, 5) is 16.9. The lowest BCUT2D eigenvalue weighted by atomic mass is 9.99. The zero-order valence-electron chi connectivity index (χ0n) is 9.57. The number of piperidine rings is 1. The highest BCUT2D eigenvalue weighted by Crippen LogP contribution is 2.18. The number of halogens is 2. The van der Waals surface area contributed by atoms with E-state index in [4.69, 9.17) is 5.26 Å². The molecule has 0 bridgehead atoms. The molecule has 1 aliphatic heterocycles. The molecule has 1 amide bonds. The predicted octanol–water partition coefficient (Wildman–Crippen LogP) is 1.74. The van der Waals surface area contributed by atoms with E-state index < -0.39 is 23.2 Å². The van der Waals surface area contributed by atoms with Crippen LogP contribution in [0, 0.1) is 28.9 Å². The van der Waals surface area contributed by atoms with Crippen LogP contribution in [0.2, 0.25) is 0 Å². The van der Waals surface area contributed by atoms with Crippen LogP contribution in [0.1, 0.15) is 23.3 Å². The second kappa shape index (κ2) is 5.08. The van der Waals surface area contributed by atoms with Crippen molar-refractivity contribution in [2.45, 2.75) is 12.8 Å². The molecule has 0 radical (unpaired) electrons. The summed E-state index contributed by atoms with van der Waals surface area (Å²) in [7, 11) is 0. The number of nitriles is 1. The summed E-state index contributed by atoms with van der Waals surface area (Å²) in [5.41, 5.74) is -0.394. The third-order valence-corrected chi connectivity index (χ3v) is 2.90. The van der Waals surface area contributed by atoms with Crippen molar-refractivity contribution in [3.05, 3.63) is 29.6 Å². The van der Waals surface area contributed by atoms with Gasteiger partial charge in [0, 0.05) is 19.2 Å². The molecule has 1 aromatic heterocycles. The average Bonchev–Trinajstić information content (AvgIpc) is 2.38. The zero-order chi connectivity index (χ0) is 13.1. The van der Waals surface area contributed by atoms with Crippen LogP contribution in [0.5, 0.6) is 0 Å². The van der Waals surface area contributed by atoms with Gasteiger partial charge in [-0.15, -0.1) is 0 Å². The Kier molecular flexibility index (Phi) is 3.51. The molecule has 0 aromatic carbocycles. The van der Waals surface area contributed by atoms with Gasteiger partial charge in [0.2, 0.25) is 0 Å². The van der Waals surface area contributed by atoms with Crippen LogP contribution in [0.15, 0.2) is 12.3 Å². The van der Waals surface area contributed by atoms with Crippen molar-refractivity contribution >= 4 is 5.91 Å². The van der Waals surface area contributed by atoms with Crippen LogP contribution in [0.4, 0.5) is 8.78 Å². The van der Waals surface area contributed by atoms with Gasteiger partial charge in [0.25, 0.3) is 5.91 Å². The van der Waals surface area contributed by atoms with E-state index in [-0.39, 0.29) is 12.5 Å². The van der Waals surface area contributed by atoms with Gasteiger partial charge in [-0.1, -0.05) is 0 Å². The monoisotopic (exact) mass is 251 g/mol. The first kappa shape index (κ1) is 12.4. The summed E-state index contributed by atoms with van der Waals surface area (Å²) >= 11 is 0. The molecule has 1 atom stereocenters. The SMILES string of the molecule is N#CC1CCCN(C(=O)c2ncc(F)cc2F)C1. The number of aromatic nitrogens is 1. The van der Waals surface area contributed by atoms with Crippen molar-refractivity contribution in [3.8, 4) is 6.07 Å². The summed E-state index contributed by atoms with van der Waals surface area (Å²) in [6.07, 6.45) is 2.24. The number of carbonyl (C=O) groups is 1. The minimum absolute atomic E-state index is 0.230. The molecular weight excluding hydrogens is 240 g/mol. The lowest BCUT2D eigenvalue weighted by molar-refractivity contribution is 0.0687. The second-order valence-electron chi connectivity index (χ2n) is 4.20. The molecule has 0 N–H and O–H groups in total. The molecule has 0 spiro atoms. The van der Waals surface area contributed by atoms with Gasteiger partial charge in [-0.25, -0.2) is 13.8 Å². The topological polar surface area (TPSA) is 57.0 Å². The number of hydrogen-bond donors (Lipinski definition) is 0. The molecule has 6 heteroatoms. The van der Waals surface area contributed by atoms with Gasteiger partial charge < -0.3 is 4.90 Å². The molecule has 94 valence electrons. The van der Waals surface area contributed by atoms with Crippen molar-refractivity contribution in [1.82, 2.24) is 9.88 Å². The molecule has 4 nitrogen and oxygen atoms in total. The second-order valence-corrected chi connectivity index (χ2v) is 4.20. The third kappa shape index (κ3) is 2.45. The summed E-state index contributed by atoms with van der Waals surface area (Å²) in [6, 6.07) is 2.73. The molecule has 1 unspecified atom stereocenters. The van der Waals surface area contributed by atoms with E-state index in [1.54, 1.807) is 0 Å². The van der Waals surface area contributed by atoms with Gasteiger partial charge in [0.05, 0.1) is 18.2 Å². The molecule has 2 heterocycles. The minimum Gasteiger partial charge on any atom is -0.336 e. The quantitative estimate of drug-likeness (QED) is 0.763. The fraction of sp³-hybridized carbons (Fsp3) is 0.417. The molecule has 0 saturated carbocycles. The Morgan fingerprint density at radius 3 is 3.00 bits per heavy atom. The smallest absolute Gasteiger partial charge is 0.275 e. The number of carbonyl (C=O) groups excluding carboxylic acids is 1. The van der Waals surface area contributed by atoms with E-state index in [0.29, 0.717) is 19.0 Å². The highest BCUT2D eigenvalue weighted by Gasteiger charge is 2.26. The van der Waals surface area contributed by atoms with Gasteiger partial charge in [-0.05, 0) is 12.8 Å². The first-order valence-electron chi connectivity index (χ1n) is 5.61. The van der Waals surface area contributed by atoms with Gasteiger partial charge in [-0.3, -0.25) is 4.79 Å². The number of amides is 1. The molecular formula is C12H11F2N3O. The fourth-order valence-electron chi connectivity index (χ4n) is 1.99. The summed E-state index contributed by atoms with van der Waals surface area (Å²) in [5.74, 6) is -2.62. The van der Waals surface area contributed by atoms with Gasteiger partial charge >= 0.3 is 0 Å². The zero-order valence-corrected chi connectivity index (χ0v) is 9.57. The van der Waals surface area contributed by atoms with Crippen LogP contribution < -0.4 is 0 Å². The molecule has 18 heavy (non-hydrogen) atoms. The summed E-state index contributed by atoms with van der Waals surface area (Å²) < 4.78 is 26.1. The van der Waals surface area contributed by atoms with Gasteiger partial charge in [0.15, 0.2) is 11.5 Å². The summed E-state index contributed by atoms with van der Waals surface area (Å²) in [6.45, 7) is 0.739. The van der Waals surface area contributed by atoms with E-state index in [1.165, 1.54) is 4.90 Å². The van der Waals surface area contributed by atoms with Crippen molar-refractivity contribution in [2.24, 2.45) is 5.92 Å². The molecule has 1 aliphatic rings. The molecule has 2 rings (SSSR count). The van der Waals surface area contributed by atoms with Crippen molar-refractivity contribution in [1.29, 1.82) is 5.26 Å². The van der Waals surface area contributed by atoms with Crippen LogP contribution in [-0.4, -0.2) is 28.9 Å². The Bertz CT molecular complexity index is 513. The highest BCUT2D eigenvalue weighted by atomic mass is 19.1. The Hall–Kier alpha value is -2.03. The van der Waals surface area contributed by atoms with Crippen LogP contribution in [-0.2, 0) is 0 Å². The van der Waals surface area contributed by atoms with E-state index in [2.05, 4.69) is 11.1 Å². The van der Waals surface area contributed by atoms with Gasteiger partial charge in [-0.2, -0.15) is 5.26 Å². The van der Waals surface area contributed by atoms with Gasteiger partial charge in [0.1, 0.15) is 5.82 Å². The van der Waals surface area contributed by atoms with Crippen LogP contribution in [0.25, 0.3) is 0 Å². The molecule has 1 fully saturated rings.